The molecule has 4 heteroatoms. The minimum Gasteiger partial charge on any atom is -0.486 e. The van der Waals surface area contributed by atoms with E-state index in [1.165, 1.54) is 6.40 Å². The summed E-state index contributed by atoms with van der Waals surface area (Å²) >= 11 is 0. The van der Waals surface area contributed by atoms with Crippen LogP contribution in [0.3, 0.4) is 0 Å². The zero-order valence-electron chi connectivity index (χ0n) is 10.1. The highest BCUT2D eigenvalue weighted by atomic mass is 16.5. The van der Waals surface area contributed by atoms with E-state index in [4.69, 9.17) is 4.74 Å². The van der Waals surface area contributed by atoms with Gasteiger partial charge in [0, 0.05) is 11.6 Å². The molecule has 1 amide bonds. The zero-order valence-corrected chi connectivity index (χ0v) is 10.1. The molecule has 1 aromatic rings. The average Bonchev–Trinajstić information content (AvgIpc) is 3.11. The monoisotopic (exact) mass is 232 g/mol. The van der Waals surface area contributed by atoms with Gasteiger partial charge in [0.1, 0.15) is 0 Å². The highest BCUT2D eigenvalue weighted by molar-refractivity contribution is 5.95. The van der Waals surface area contributed by atoms with Crippen LogP contribution in [0.25, 0.3) is 0 Å². The number of carbonyl (C=O) groups is 1. The number of nitrogens with one attached hydrogen (secondary N) is 1. The van der Waals surface area contributed by atoms with E-state index in [2.05, 4.69) is 10.3 Å². The first-order valence-corrected chi connectivity index (χ1v) is 5.67. The largest absolute Gasteiger partial charge is 0.486 e. The normalized spacial score (nSPS) is 14.9. The van der Waals surface area contributed by atoms with Gasteiger partial charge in [-0.05, 0) is 37.5 Å². The van der Waals surface area contributed by atoms with Gasteiger partial charge in [-0.2, -0.15) is 0 Å². The van der Waals surface area contributed by atoms with Crippen molar-refractivity contribution in [2.45, 2.75) is 25.8 Å². The predicted octanol–water partition coefficient (Wildman–Crippen LogP) is 2.19. The molecule has 0 radical (unpaired) electrons. The molecule has 0 spiro atoms. The van der Waals surface area contributed by atoms with E-state index in [0.29, 0.717) is 11.6 Å². The Kier molecular flexibility index (Phi) is 3.42. The van der Waals surface area contributed by atoms with E-state index in [0.717, 1.165) is 24.1 Å². The lowest BCUT2D eigenvalue weighted by Gasteiger charge is -2.05. The Morgan fingerprint density at radius 2 is 2.29 bits per heavy atom. The molecule has 0 heterocycles. The number of benzene rings is 1. The highest BCUT2D eigenvalue weighted by Crippen LogP contribution is 2.22. The van der Waals surface area contributed by atoms with E-state index >= 15 is 0 Å². The second-order valence-corrected chi connectivity index (χ2v) is 4.22. The lowest BCUT2D eigenvalue weighted by molar-refractivity contribution is 0.0951. The summed E-state index contributed by atoms with van der Waals surface area (Å²) in [6.45, 7) is 1.95. The fourth-order valence-electron chi connectivity index (χ4n) is 1.50. The van der Waals surface area contributed by atoms with Gasteiger partial charge in [-0.3, -0.25) is 4.79 Å². The number of amides is 1. The predicted molar refractivity (Wildman–Crippen MR) is 66.8 cm³/mol. The van der Waals surface area contributed by atoms with Gasteiger partial charge in [-0.15, -0.1) is 0 Å². The summed E-state index contributed by atoms with van der Waals surface area (Å²) in [7, 11) is 1.54. The average molecular weight is 232 g/mol. The minimum atomic E-state index is -0.0265. The second kappa shape index (κ2) is 4.99. The van der Waals surface area contributed by atoms with Crippen molar-refractivity contribution in [1.29, 1.82) is 0 Å². The van der Waals surface area contributed by atoms with Crippen molar-refractivity contribution in [3.05, 3.63) is 29.3 Å². The van der Waals surface area contributed by atoms with E-state index < -0.39 is 0 Å². The number of carbonyl (C=O) groups excluding carboxylic acids is 1. The van der Waals surface area contributed by atoms with Gasteiger partial charge in [0.05, 0.1) is 12.8 Å². The molecule has 0 bridgehead atoms. The number of hydrogen-bond donors (Lipinski definition) is 1. The summed E-state index contributed by atoms with van der Waals surface area (Å²) in [5, 5.41) is 2.95. The zero-order chi connectivity index (χ0) is 12.3. The molecular formula is C13H16N2O2. The van der Waals surface area contributed by atoms with Crippen LogP contribution < -0.4 is 5.32 Å². The molecule has 0 unspecified atom stereocenters. The number of methoxy groups -OCH3 is 1. The van der Waals surface area contributed by atoms with Crippen LogP contribution in [-0.4, -0.2) is 25.5 Å². The lowest BCUT2D eigenvalue weighted by Crippen LogP contribution is -2.25. The van der Waals surface area contributed by atoms with Crippen molar-refractivity contribution in [2.75, 3.05) is 7.11 Å². The molecule has 0 atom stereocenters. The van der Waals surface area contributed by atoms with Crippen LogP contribution in [0.2, 0.25) is 0 Å². The number of hydrogen-bond acceptors (Lipinski definition) is 3. The van der Waals surface area contributed by atoms with Gasteiger partial charge in [-0.25, -0.2) is 4.99 Å². The van der Waals surface area contributed by atoms with Crippen molar-refractivity contribution in [1.82, 2.24) is 5.32 Å². The third-order valence-electron chi connectivity index (χ3n) is 2.68. The summed E-state index contributed by atoms with van der Waals surface area (Å²) in [6, 6.07) is 5.86. The number of aryl methyl sites for hydroxylation is 1. The van der Waals surface area contributed by atoms with Crippen LogP contribution in [0.4, 0.5) is 5.69 Å². The number of nitrogens with zero attached hydrogens (tertiary/aromatic N) is 1. The molecule has 1 fully saturated rings. The Morgan fingerprint density at radius 1 is 1.53 bits per heavy atom. The van der Waals surface area contributed by atoms with Crippen LogP contribution in [0.1, 0.15) is 28.8 Å². The molecular weight excluding hydrogens is 216 g/mol. The maximum atomic E-state index is 11.8. The molecule has 2 rings (SSSR count). The second-order valence-electron chi connectivity index (χ2n) is 4.22. The van der Waals surface area contributed by atoms with Crippen molar-refractivity contribution >= 4 is 18.0 Å². The third kappa shape index (κ3) is 3.06. The Hall–Kier alpha value is -1.84. The molecule has 0 aromatic heterocycles. The molecule has 0 saturated heterocycles. The SMILES string of the molecule is CO/C=N\c1cc(C(=O)NC2CC2)ccc1C. The summed E-state index contributed by atoms with van der Waals surface area (Å²) in [5.41, 5.74) is 2.42. The Labute approximate surface area is 101 Å². The maximum absolute atomic E-state index is 11.8. The molecule has 1 N–H and O–H groups in total. The third-order valence-corrected chi connectivity index (χ3v) is 2.68. The van der Waals surface area contributed by atoms with Gasteiger partial charge >= 0.3 is 0 Å². The van der Waals surface area contributed by atoms with Gasteiger partial charge in [-0.1, -0.05) is 6.07 Å². The Balaban J connectivity index is 2.16. The highest BCUT2D eigenvalue weighted by Gasteiger charge is 2.23. The van der Waals surface area contributed by atoms with Crippen LogP contribution in [-0.2, 0) is 4.74 Å². The number of aliphatic imine (C=N–C) groups is 1. The van der Waals surface area contributed by atoms with Gasteiger partial charge < -0.3 is 10.1 Å². The van der Waals surface area contributed by atoms with E-state index in [-0.39, 0.29) is 5.91 Å². The molecule has 17 heavy (non-hydrogen) atoms. The number of rotatable bonds is 4. The van der Waals surface area contributed by atoms with E-state index in [1.54, 1.807) is 13.2 Å². The summed E-state index contributed by atoms with van der Waals surface area (Å²) in [6.07, 6.45) is 3.55. The van der Waals surface area contributed by atoms with Gasteiger partial charge in [0.2, 0.25) is 0 Å². The summed E-state index contributed by atoms with van der Waals surface area (Å²) in [4.78, 5) is 16.0. The fraction of sp³-hybridized carbons (Fsp3) is 0.385. The fourth-order valence-corrected chi connectivity index (χ4v) is 1.50. The molecule has 1 aliphatic carbocycles. The van der Waals surface area contributed by atoms with Crippen LogP contribution >= 0.6 is 0 Å². The quantitative estimate of drug-likeness (QED) is 0.639. The van der Waals surface area contributed by atoms with Gasteiger partial charge in [0.25, 0.3) is 5.91 Å². The van der Waals surface area contributed by atoms with Crippen LogP contribution in [0.15, 0.2) is 23.2 Å². The first-order valence-electron chi connectivity index (χ1n) is 5.67. The standard InChI is InChI=1S/C13H16N2O2/c1-9-3-4-10(7-12(9)14-8-17-2)13(16)15-11-5-6-11/h3-4,7-8,11H,5-6H2,1-2H3,(H,15,16)/b14-8-. The molecule has 90 valence electrons. The molecule has 1 aliphatic rings. The van der Waals surface area contributed by atoms with E-state index in [9.17, 15) is 4.79 Å². The molecule has 0 aliphatic heterocycles. The van der Waals surface area contributed by atoms with Crippen molar-refractivity contribution < 1.29 is 9.53 Å². The summed E-state index contributed by atoms with van der Waals surface area (Å²) < 4.78 is 4.78. The molecule has 4 nitrogen and oxygen atoms in total. The van der Waals surface area contributed by atoms with Crippen molar-refractivity contribution in [2.24, 2.45) is 4.99 Å². The van der Waals surface area contributed by atoms with Crippen LogP contribution in [0.5, 0.6) is 0 Å². The minimum absolute atomic E-state index is 0.0265. The Bertz CT molecular complexity index is 451. The Morgan fingerprint density at radius 3 is 2.94 bits per heavy atom. The first kappa shape index (κ1) is 11.6. The van der Waals surface area contributed by atoms with Gasteiger partial charge in [0.15, 0.2) is 6.40 Å². The first-order chi connectivity index (χ1) is 8.20. The number of ether oxygens (including phenoxy) is 1. The van der Waals surface area contributed by atoms with Crippen molar-refractivity contribution in [3.63, 3.8) is 0 Å². The van der Waals surface area contributed by atoms with E-state index in [1.807, 2.05) is 19.1 Å². The smallest absolute Gasteiger partial charge is 0.251 e. The molecule has 1 aromatic carbocycles. The summed E-state index contributed by atoms with van der Waals surface area (Å²) in [5.74, 6) is -0.0265. The van der Waals surface area contributed by atoms with Crippen LogP contribution in [0, 0.1) is 6.92 Å². The lowest BCUT2D eigenvalue weighted by atomic mass is 10.1. The maximum Gasteiger partial charge on any atom is 0.251 e. The molecule has 1 saturated carbocycles. The van der Waals surface area contributed by atoms with Crippen molar-refractivity contribution in [3.8, 4) is 0 Å². The topological polar surface area (TPSA) is 50.7 Å².